The van der Waals surface area contributed by atoms with E-state index in [1.165, 1.54) is 31.0 Å². The fraction of sp³-hybridized carbons (Fsp3) is 0.423. The van der Waals surface area contributed by atoms with Gasteiger partial charge in [-0.25, -0.2) is 0 Å². The molecule has 1 saturated carbocycles. The van der Waals surface area contributed by atoms with Gasteiger partial charge in [-0.1, -0.05) is 49.2 Å². The molecule has 8 nitrogen and oxygen atoms in total. The Labute approximate surface area is 210 Å². The van der Waals surface area contributed by atoms with Gasteiger partial charge in [0.1, 0.15) is 11.5 Å². The molecule has 35 heavy (non-hydrogen) atoms. The molecule has 1 unspecified atom stereocenters. The second-order valence-corrected chi connectivity index (χ2v) is 9.90. The van der Waals surface area contributed by atoms with Crippen LogP contribution in [0.2, 0.25) is 0 Å². The lowest BCUT2D eigenvalue weighted by Crippen LogP contribution is -2.24. The Morgan fingerprint density at radius 2 is 1.89 bits per heavy atom. The Balaban J connectivity index is 1.50. The lowest BCUT2D eigenvalue weighted by Gasteiger charge is -2.26. The van der Waals surface area contributed by atoms with Crippen molar-refractivity contribution < 1.29 is 14.3 Å². The fourth-order valence-corrected chi connectivity index (χ4v) is 5.26. The fourth-order valence-electron chi connectivity index (χ4n) is 4.32. The maximum Gasteiger partial charge on any atom is 0.237 e. The number of benzene rings is 2. The number of para-hydroxylation sites is 2. The van der Waals surface area contributed by atoms with E-state index < -0.39 is 0 Å². The zero-order valence-electron chi connectivity index (χ0n) is 20.5. The van der Waals surface area contributed by atoms with Crippen LogP contribution in [0, 0.1) is 0 Å². The van der Waals surface area contributed by atoms with Gasteiger partial charge in [0, 0.05) is 17.8 Å². The number of nitrogens with one attached hydrogen (secondary N) is 2. The minimum atomic E-state index is -0.356. The van der Waals surface area contributed by atoms with E-state index in [-0.39, 0.29) is 11.2 Å². The summed E-state index contributed by atoms with van der Waals surface area (Å²) in [5.41, 5.74) is 1.62. The van der Waals surface area contributed by atoms with Gasteiger partial charge >= 0.3 is 0 Å². The third kappa shape index (κ3) is 6.28. The first kappa shape index (κ1) is 24.9. The number of amides is 1. The highest BCUT2D eigenvalue weighted by Gasteiger charge is 2.26. The summed E-state index contributed by atoms with van der Waals surface area (Å²) in [6.07, 6.45) is 5.84. The summed E-state index contributed by atoms with van der Waals surface area (Å²) in [5, 5.41) is 15.9. The number of aromatic nitrogens is 3. The molecule has 9 heteroatoms. The Morgan fingerprint density at radius 1 is 1.09 bits per heavy atom. The highest BCUT2D eigenvalue weighted by Crippen LogP contribution is 2.34. The van der Waals surface area contributed by atoms with Crippen LogP contribution in [0.25, 0.3) is 0 Å². The maximum atomic E-state index is 13.0. The van der Waals surface area contributed by atoms with E-state index >= 15 is 0 Å². The van der Waals surface area contributed by atoms with E-state index in [9.17, 15) is 4.79 Å². The molecule has 1 aromatic heterocycles. The Bertz CT molecular complexity index is 1130. The van der Waals surface area contributed by atoms with E-state index in [2.05, 4.69) is 25.4 Å². The second-order valence-electron chi connectivity index (χ2n) is 8.60. The quantitative estimate of drug-likeness (QED) is 0.357. The number of hydrogen-bond donors (Lipinski definition) is 2. The summed E-state index contributed by atoms with van der Waals surface area (Å²) in [6.45, 7) is 2.43. The number of carbonyl (C=O) groups excluding carboxylic acids is 1. The zero-order valence-corrected chi connectivity index (χ0v) is 21.3. The van der Waals surface area contributed by atoms with Crippen molar-refractivity contribution in [3.63, 3.8) is 0 Å². The van der Waals surface area contributed by atoms with Crippen LogP contribution in [0.15, 0.2) is 53.7 Å². The first-order valence-corrected chi connectivity index (χ1v) is 12.9. The number of ether oxygens (including phenoxy) is 2. The average Bonchev–Trinajstić information content (AvgIpc) is 3.30. The number of nitrogens with zero attached hydrogens (tertiary/aromatic N) is 3. The molecular weight excluding hydrogens is 462 g/mol. The summed E-state index contributed by atoms with van der Waals surface area (Å²) in [6, 6.07) is 15.6. The third-order valence-corrected chi connectivity index (χ3v) is 7.27. The predicted octanol–water partition coefficient (Wildman–Crippen LogP) is 5.53. The smallest absolute Gasteiger partial charge is 0.237 e. The van der Waals surface area contributed by atoms with Crippen molar-refractivity contribution >= 4 is 29.0 Å². The number of thioether (sulfide) groups is 1. The van der Waals surface area contributed by atoms with E-state index in [1.807, 2.05) is 55.5 Å². The zero-order chi connectivity index (χ0) is 24.6. The van der Waals surface area contributed by atoms with Gasteiger partial charge in [-0.05, 0) is 44.0 Å². The summed E-state index contributed by atoms with van der Waals surface area (Å²) in [5.74, 6) is 2.21. The Kier molecular flexibility index (Phi) is 8.52. The number of anilines is 2. The van der Waals surface area contributed by atoms with Crippen LogP contribution >= 0.6 is 11.8 Å². The molecule has 0 spiro atoms. The van der Waals surface area contributed by atoms with Crippen molar-refractivity contribution in [3.05, 3.63) is 54.4 Å². The van der Waals surface area contributed by atoms with Crippen molar-refractivity contribution in [1.29, 1.82) is 0 Å². The van der Waals surface area contributed by atoms with Gasteiger partial charge in [0.2, 0.25) is 5.91 Å². The molecule has 1 amide bonds. The molecule has 1 fully saturated rings. The summed E-state index contributed by atoms with van der Waals surface area (Å²) in [7, 11) is 3.25. The molecular formula is C26H33N5O3S. The highest BCUT2D eigenvalue weighted by atomic mass is 32.2. The molecule has 1 aliphatic rings. The Morgan fingerprint density at radius 3 is 2.66 bits per heavy atom. The molecule has 0 bridgehead atoms. The maximum absolute atomic E-state index is 13.0. The number of rotatable bonds is 10. The lowest BCUT2D eigenvalue weighted by atomic mass is 9.95. The van der Waals surface area contributed by atoms with Crippen LogP contribution in [0.1, 0.15) is 50.9 Å². The van der Waals surface area contributed by atoms with Gasteiger partial charge in [-0.2, -0.15) is 0 Å². The molecule has 0 aliphatic heterocycles. The van der Waals surface area contributed by atoms with Gasteiger partial charge in [-0.3, -0.25) is 4.79 Å². The minimum Gasteiger partial charge on any atom is -0.497 e. The summed E-state index contributed by atoms with van der Waals surface area (Å²) < 4.78 is 12.9. The van der Waals surface area contributed by atoms with Crippen LogP contribution in [-0.2, 0) is 11.3 Å². The molecule has 2 N–H and O–H groups in total. The molecule has 4 rings (SSSR count). The first-order valence-electron chi connectivity index (χ1n) is 12.0. The number of hydrogen-bond acceptors (Lipinski definition) is 7. The Hall–Kier alpha value is -3.20. The monoisotopic (exact) mass is 495 g/mol. The molecule has 186 valence electrons. The lowest BCUT2D eigenvalue weighted by molar-refractivity contribution is -0.115. The molecule has 0 radical (unpaired) electrons. The van der Waals surface area contributed by atoms with Crippen molar-refractivity contribution in [2.24, 2.45) is 0 Å². The summed E-state index contributed by atoms with van der Waals surface area (Å²) >= 11 is 1.44. The van der Waals surface area contributed by atoms with E-state index in [0.29, 0.717) is 24.0 Å². The molecule has 1 atom stereocenters. The SMILES string of the molecule is COc1cccc(NCc2nnc(SC(C)C(=O)Nc3ccccc3OC)n2C2CCCCC2)c1. The predicted molar refractivity (Wildman–Crippen MR) is 139 cm³/mol. The minimum absolute atomic E-state index is 0.103. The average molecular weight is 496 g/mol. The van der Waals surface area contributed by atoms with Gasteiger partial charge in [-0.15, -0.1) is 10.2 Å². The highest BCUT2D eigenvalue weighted by molar-refractivity contribution is 8.00. The molecule has 0 saturated heterocycles. The first-order chi connectivity index (χ1) is 17.1. The molecule has 2 aromatic carbocycles. The second kappa shape index (κ2) is 12.0. The van der Waals surface area contributed by atoms with Crippen LogP contribution in [-0.4, -0.2) is 40.1 Å². The number of methoxy groups -OCH3 is 2. The van der Waals surface area contributed by atoms with Crippen LogP contribution in [0.4, 0.5) is 11.4 Å². The van der Waals surface area contributed by atoms with Gasteiger partial charge in [0.05, 0.1) is 31.7 Å². The molecule has 1 aliphatic carbocycles. The van der Waals surface area contributed by atoms with Gasteiger partial charge in [0.25, 0.3) is 0 Å². The summed E-state index contributed by atoms with van der Waals surface area (Å²) in [4.78, 5) is 13.0. The van der Waals surface area contributed by atoms with Crippen molar-refractivity contribution in [2.75, 3.05) is 24.9 Å². The van der Waals surface area contributed by atoms with Gasteiger partial charge in [0.15, 0.2) is 11.0 Å². The third-order valence-electron chi connectivity index (χ3n) is 6.21. The topological polar surface area (TPSA) is 90.3 Å². The van der Waals surface area contributed by atoms with Gasteiger partial charge < -0.3 is 24.7 Å². The number of carbonyl (C=O) groups is 1. The van der Waals surface area contributed by atoms with E-state index in [1.54, 1.807) is 14.2 Å². The van der Waals surface area contributed by atoms with Crippen molar-refractivity contribution in [1.82, 2.24) is 14.8 Å². The molecule has 3 aromatic rings. The van der Waals surface area contributed by atoms with Crippen molar-refractivity contribution in [3.8, 4) is 11.5 Å². The normalized spacial score (nSPS) is 14.8. The van der Waals surface area contributed by atoms with Crippen LogP contribution in [0.5, 0.6) is 11.5 Å². The van der Waals surface area contributed by atoms with Crippen molar-refractivity contribution in [2.45, 2.75) is 62.0 Å². The largest absolute Gasteiger partial charge is 0.497 e. The molecule has 1 heterocycles. The van der Waals surface area contributed by atoms with E-state index in [4.69, 9.17) is 9.47 Å². The standard InChI is InChI=1S/C26H33N5O3S/c1-18(25(32)28-22-14-7-8-15-23(22)34-3)35-26-30-29-24(31(26)20-11-5-4-6-12-20)17-27-19-10-9-13-21(16-19)33-2/h7-10,13-16,18,20,27H,4-6,11-12,17H2,1-3H3,(H,28,32). The van der Waals surface area contributed by atoms with Crippen LogP contribution in [0.3, 0.4) is 0 Å². The van der Waals surface area contributed by atoms with E-state index in [0.717, 1.165) is 35.3 Å². The van der Waals surface area contributed by atoms with Crippen LogP contribution < -0.4 is 20.1 Å².